The normalized spacial score (nSPS) is 10.4. The van der Waals surface area contributed by atoms with E-state index in [4.69, 9.17) is 11.6 Å². The molecule has 1 N–H and O–H groups in total. The molecule has 3 rings (SSSR count). The van der Waals surface area contributed by atoms with Crippen molar-refractivity contribution in [3.8, 4) is 0 Å². The van der Waals surface area contributed by atoms with Gasteiger partial charge in [-0.2, -0.15) is 0 Å². The minimum atomic E-state index is -0.548. The van der Waals surface area contributed by atoms with Crippen LogP contribution in [0.15, 0.2) is 60.7 Å². The molecule has 0 spiro atoms. The molecule has 5 nitrogen and oxygen atoms in total. The third-order valence-electron chi connectivity index (χ3n) is 3.55. The van der Waals surface area contributed by atoms with Crippen LogP contribution >= 0.6 is 11.6 Å². The molecule has 25 heavy (non-hydrogen) atoms. The highest BCUT2D eigenvalue weighted by Crippen LogP contribution is 2.21. The minimum absolute atomic E-state index is 0.0660. The number of nitrogens with zero attached hydrogens (tertiary/aromatic N) is 3. The van der Waals surface area contributed by atoms with E-state index in [0.717, 1.165) is 5.69 Å². The van der Waals surface area contributed by atoms with Crippen molar-refractivity contribution in [3.05, 3.63) is 77.2 Å². The fourth-order valence-corrected chi connectivity index (χ4v) is 2.36. The second-order valence-electron chi connectivity index (χ2n) is 5.25. The van der Waals surface area contributed by atoms with Crippen molar-refractivity contribution >= 4 is 34.7 Å². The highest BCUT2D eigenvalue weighted by molar-refractivity contribution is 6.31. The molecule has 7 heteroatoms. The summed E-state index contributed by atoms with van der Waals surface area (Å²) in [6.45, 7) is 0. The Labute approximate surface area is 149 Å². The largest absolute Gasteiger partial charge is 0.328 e. The first kappa shape index (κ1) is 16.9. The predicted octanol–water partition coefficient (Wildman–Crippen LogP) is 4.29. The Balaban J connectivity index is 1.73. The summed E-state index contributed by atoms with van der Waals surface area (Å²) < 4.78 is 13.1. The van der Waals surface area contributed by atoms with E-state index in [9.17, 15) is 9.18 Å². The Morgan fingerprint density at radius 1 is 1.08 bits per heavy atom. The Kier molecular flexibility index (Phi) is 4.90. The standard InChI is InChI=1S/C18H14ClFN4O/c1-24(13-5-3-2-4-6-13)17-10-9-16(22-23-17)18(25)21-12-7-8-15(20)14(19)11-12/h2-11H,1H3,(H,21,25). The topological polar surface area (TPSA) is 58.1 Å². The highest BCUT2D eigenvalue weighted by atomic mass is 35.5. The van der Waals surface area contributed by atoms with Crippen molar-refractivity contribution in [2.24, 2.45) is 0 Å². The van der Waals surface area contributed by atoms with Crippen LogP contribution in [-0.2, 0) is 0 Å². The average Bonchev–Trinajstić information content (AvgIpc) is 2.65. The van der Waals surface area contributed by atoms with Gasteiger partial charge in [-0.05, 0) is 42.5 Å². The van der Waals surface area contributed by atoms with E-state index >= 15 is 0 Å². The summed E-state index contributed by atoms with van der Waals surface area (Å²) in [5, 5.41) is 10.6. The fraction of sp³-hybridized carbons (Fsp3) is 0.0556. The summed E-state index contributed by atoms with van der Waals surface area (Å²) in [6.07, 6.45) is 0. The van der Waals surface area contributed by atoms with Crippen LogP contribution in [0.2, 0.25) is 5.02 Å². The molecular weight excluding hydrogens is 343 g/mol. The van der Waals surface area contributed by atoms with Crippen molar-refractivity contribution < 1.29 is 9.18 Å². The maximum absolute atomic E-state index is 13.1. The lowest BCUT2D eigenvalue weighted by Gasteiger charge is -2.17. The number of para-hydroxylation sites is 1. The highest BCUT2D eigenvalue weighted by Gasteiger charge is 2.12. The van der Waals surface area contributed by atoms with Gasteiger partial charge in [-0.3, -0.25) is 4.79 Å². The van der Waals surface area contributed by atoms with E-state index in [0.29, 0.717) is 11.5 Å². The molecule has 0 saturated carbocycles. The lowest BCUT2D eigenvalue weighted by molar-refractivity contribution is 0.102. The number of carbonyl (C=O) groups excluding carboxylic acids is 1. The molecular formula is C18H14ClFN4O. The Morgan fingerprint density at radius 2 is 1.84 bits per heavy atom. The van der Waals surface area contributed by atoms with E-state index in [-0.39, 0.29) is 10.7 Å². The number of halogens is 2. The second-order valence-corrected chi connectivity index (χ2v) is 5.66. The van der Waals surface area contributed by atoms with E-state index in [2.05, 4.69) is 15.5 Å². The molecule has 2 aromatic carbocycles. The molecule has 0 unspecified atom stereocenters. The summed E-state index contributed by atoms with van der Waals surface area (Å²) in [5.41, 5.74) is 1.48. The Morgan fingerprint density at radius 3 is 2.48 bits per heavy atom. The van der Waals surface area contributed by atoms with E-state index in [1.54, 1.807) is 12.1 Å². The zero-order valence-corrected chi connectivity index (χ0v) is 14.0. The van der Waals surface area contributed by atoms with Crippen LogP contribution < -0.4 is 10.2 Å². The molecule has 0 aliphatic carbocycles. The van der Waals surface area contributed by atoms with Gasteiger partial charge < -0.3 is 10.2 Å². The number of anilines is 3. The van der Waals surface area contributed by atoms with Crippen LogP contribution in [0.3, 0.4) is 0 Å². The van der Waals surface area contributed by atoms with E-state index in [1.807, 2.05) is 42.3 Å². The molecule has 0 atom stereocenters. The van der Waals surface area contributed by atoms with E-state index < -0.39 is 11.7 Å². The Hall–Kier alpha value is -2.99. The van der Waals surface area contributed by atoms with Gasteiger partial charge in [-0.1, -0.05) is 29.8 Å². The number of rotatable bonds is 4. The number of hydrogen-bond acceptors (Lipinski definition) is 4. The molecule has 1 aromatic heterocycles. The number of nitrogens with one attached hydrogen (secondary N) is 1. The van der Waals surface area contributed by atoms with Crippen molar-refractivity contribution in [3.63, 3.8) is 0 Å². The fourth-order valence-electron chi connectivity index (χ4n) is 2.18. The smallest absolute Gasteiger partial charge is 0.276 e. The second kappa shape index (κ2) is 7.27. The summed E-state index contributed by atoms with van der Waals surface area (Å²) in [4.78, 5) is 14.1. The summed E-state index contributed by atoms with van der Waals surface area (Å²) >= 11 is 5.70. The van der Waals surface area contributed by atoms with Crippen molar-refractivity contribution in [2.75, 3.05) is 17.3 Å². The van der Waals surface area contributed by atoms with Gasteiger partial charge in [-0.25, -0.2) is 4.39 Å². The Bertz CT molecular complexity index is 887. The number of amides is 1. The van der Waals surface area contributed by atoms with Gasteiger partial charge in [0.15, 0.2) is 11.5 Å². The molecule has 3 aromatic rings. The lowest BCUT2D eigenvalue weighted by atomic mass is 10.2. The first-order chi connectivity index (χ1) is 12.0. The molecule has 0 radical (unpaired) electrons. The number of aromatic nitrogens is 2. The zero-order chi connectivity index (χ0) is 17.8. The van der Waals surface area contributed by atoms with Gasteiger partial charge in [-0.15, -0.1) is 10.2 Å². The molecule has 126 valence electrons. The molecule has 1 heterocycles. The number of benzene rings is 2. The van der Waals surface area contributed by atoms with Gasteiger partial charge in [0.25, 0.3) is 5.91 Å². The molecule has 1 amide bonds. The third kappa shape index (κ3) is 3.92. The SMILES string of the molecule is CN(c1ccccc1)c1ccc(C(=O)Nc2ccc(F)c(Cl)c2)nn1. The van der Waals surface area contributed by atoms with Crippen LogP contribution in [0.5, 0.6) is 0 Å². The van der Waals surface area contributed by atoms with Crippen LogP contribution in [0.25, 0.3) is 0 Å². The van der Waals surface area contributed by atoms with E-state index in [1.165, 1.54) is 18.2 Å². The average molecular weight is 357 g/mol. The quantitative estimate of drug-likeness (QED) is 0.757. The van der Waals surface area contributed by atoms with Gasteiger partial charge in [0.2, 0.25) is 0 Å². The molecule has 0 fully saturated rings. The zero-order valence-electron chi connectivity index (χ0n) is 13.3. The number of hydrogen-bond donors (Lipinski definition) is 1. The van der Waals surface area contributed by atoms with Crippen molar-refractivity contribution in [1.29, 1.82) is 0 Å². The predicted molar refractivity (Wildman–Crippen MR) is 95.9 cm³/mol. The first-order valence-corrected chi connectivity index (χ1v) is 7.81. The maximum Gasteiger partial charge on any atom is 0.276 e. The van der Waals surface area contributed by atoms with Crippen molar-refractivity contribution in [2.45, 2.75) is 0 Å². The molecule has 0 aliphatic rings. The van der Waals surface area contributed by atoms with Gasteiger partial charge in [0, 0.05) is 18.4 Å². The van der Waals surface area contributed by atoms with Gasteiger partial charge in [0.1, 0.15) is 5.82 Å². The molecule has 0 aliphatic heterocycles. The van der Waals surface area contributed by atoms with Crippen LogP contribution in [-0.4, -0.2) is 23.2 Å². The van der Waals surface area contributed by atoms with Crippen LogP contribution in [0.4, 0.5) is 21.6 Å². The summed E-state index contributed by atoms with van der Waals surface area (Å²) in [7, 11) is 1.86. The van der Waals surface area contributed by atoms with Crippen molar-refractivity contribution in [1.82, 2.24) is 10.2 Å². The molecule has 0 bridgehead atoms. The van der Waals surface area contributed by atoms with Gasteiger partial charge in [0.05, 0.1) is 5.02 Å². The lowest BCUT2D eigenvalue weighted by Crippen LogP contribution is -2.16. The first-order valence-electron chi connectivity index (χ1n) is 7.43. The summed E-state index contributed by atoms with van der Waals surface area (Å²) in [5.74, 6) is -0.399. The maximum atomic E-state index is 13.1. The summed E-state index contributed by atoms with van der Waals surface area (Å²) in [6, 6.07) is 16.9. The van der Waals surface area contributed by atoms with Crippen LogP contribution in [0.1, 0.15) is 10.5 Å². The van der Waals surface area contributed by atoms with Gasteiger partial charge >= 0.3 is 0 Å². The third-order valence-corrected chi connectivity index (χ3v) is 3.84. The minimum Gasteiger partial charge on any atom is -0.328 e. The monoisotopic (exact) mass is 356 g/mol. The van der Waals surface area contributed by atoms with Crippen LogP contribution in [0, 0.1) is 5.82 Å². The molecule has 0 saturated heterocycles. The number of carbonyl (C=O) groups is 1.